The first-order valence-electron chi connectivity index (χ1n) is 12.7. The van der Waals surface area contributed by atoms with Crippen LogP contribution < -0.4 is 16.2 Å². The van der Waals surface area contributed by atoms with Crippen molar-refractivity contribution in [1.29, 1.82) is 0 Å². The lowest BCUT2D eigenvalue weighted by Gasteiger charge is -2.26. The number of hydrogen-bond acceptors (Lipinski definition) is 17. The van der Waals surface area contributed by atoms with Crippen molar-refractivity contribution in [2.45, 2.75) is 49.1 Å². The zero-order valence-electron chi connectivity index (χ0n) is 22.0. The van der Waals surface area contributed by atoms with Crippen molar-refractivity contribution < 1.29 is 45.2 Å². The monoisotopic (exact) mass is 675 g/mol. The van der Waals surface area contributed by atoms with Gasteiger partial charge in [-0.2, -0.15) is 13.1 Å². The first-order chi connectivity index (χ1) is 20.9. The molecule has 20 nitrogen and oxygen atoms in total. The number of aliphatic hydroxyl groups excluding tert-OH is 1. The van der Waals surface area contributed by atoms with Crippen molar-refractivity contribution in [2.24, 2.45) is 0 Å². The maximum absolute atomic E-state index is 15.9. The van der Waals surface area contributed by atoms with Crippen LogP contribution in [0.15, 0.2) is 25.3 Å². The first-order valence-corrected chi connectivity index (χ1v) is 16.9. The third kappa shape index (κ3) is 5.07. The van der Waals surface area contributed by atoms with Gasteiger partial charge in [-0.05, 0) is 0 Å². The van der Waals surface area contributed by atoms with E-state index in [1.165, 1.54) is 28.1 Å². The van der Waals surface area contributed by atoms with Crippen LogP contribution in [0.3, 0.4) is 0 Å². The van der Waals surface area contributed by atoms with E-state index in [-0.39, 0.29) is 34.0 Å². The Hall–Kier alpha value is -3.12. The maximum Gasteiger partial charge on any atom is 0.386 e. The van der Waals surface area contributed by atoms with E-state index in [4.69, 9.17) is 34.2 Å². The van der Waals surface area contributed by atoms with Gasteiger partial charge < -0.3 is 26.0 Å². The molecule has 3 fully saturated rings. The molecule has 0 aliphatic carbocycles. The summed E-state index contributed by atoms with van der Waals surface area (Å²) in [5.41, 5.74) is 12.4. The minimum absolute atomic E-state index is 0.0406. The van der Waals surface area contributed by atoms with Gasteiger partial charge in [-0.15, -0.1) is 0 Å². The van der Waals surface area contributed by atoms with Crippen LogP contribution in [0.25, 0.3) is 22.3 Å². The number of nitrogens with zero attached hydrogens (tertiary/aromatic N) is 8. The zero-order chi connectivity index (χ0) is 31.0. The summed E-state index contributed by atoms with van der Waals surface area (Å²) in [7, 11) is -4.65. The average Bonchev–Trinajstić information content (AvgIpc) is 3.73. The number of thiol groups is 1. The van der Waals surface area contributed by atoms with E-state index in [1.807, 2.05) is 0 Å². The number of halogens is 1. The molecule has 24 heteroatoms. The lowest BCUT2D eigenvalue weighted by Crippen LogP contribution is -2.45. The summed E-state index contributed by atoms with van der Waals surface area (Å²) in [6.07, 6.45) is -7.61. The van der Waals surface area contributed by atoms with Crippen LogP contribution in [0.5, 0.6) is 0 Å². The lowest BCUT2D eigenvalue weighted by molar-refractivity contribution is -0.0497. The fourth-order valence-corrected chi connectivity index (χ4v) is 7.69. The molecule has 3 aliphatic heterocycles. The first kappa shape index (κ1) is 29.6. The molecule has 0 radical (unpaired) electrons. The third-order valence-electron chi connectivity index (χ3n) is 7.25. The number of imidazole rings is 2. The zero-order valence-corrected chi connectivity index (χ0v) is 24.6. The van der Waals surface area contributed by atoms with Crippen LogP contribution in [-0.2, 0) is 37.6 Å². The van der Waals surface area contributed by atoms with Gasteiger partial charge in [-0.1, -0.05) is 12.2 Å². The molecule has 44 heavy (non-hydrogen) atoms. The number of hydrogen-bond donors (Lipinski definition) is 5. The second-order valence-electron chi connectivity index (χ2n) is 9.93. The normalized spacial score (nSPS) is 36.1. The molecule has 0 amide bonds. The molecule has 7 rings (SSSR count). The summed E-state index contributed by atoms with van der Waals surface area (Å²) >= 11 is 4.00. The third-order valence-corrected chi connectivity index (χ3v) is 9.87. The number of alkyl halides is 1. The molecule has 0 saturated carbocycles. The number of aromatic nitrogens is 8. The minimum atomic E-state index is -4.65. The Morgan fingerprint density at radius 3 is 2.18 bits per heavy atom. The SMILES string of the molecule is Nc1ncnc2c1ncn2[C@@H]1O[C@@H]2CO[P@](=O)(S)O[C@H]3[C@@H](F)[C@H](n4cnc5c(N)ncnc54)O[C@@H]3CNS(=O)(=O)O[C@H]2[C@H]1O. The lowest BCUT2D eigenvalue weighted by atomic mass is 10.1. The number of nitrogen functional groups attached to an aromatic ring is 2. The van der Waals surface area contributed by atoms with Crippen LogP contribution in [0.4, 0.5) is 16.0 Å². The van der Waals surface area contributed by atoms with Crippen molar-refractivity contribution in [2.75, 3.05) is 24.6 Å². The molecule has 236 valence electrons. The smallest absolute Gasteiger partial charge is 0.386 e. The number of fused-ring (bicyclic) bond motifs is 4. The minimum Gasteiger partial charge on any atom is -0.386 e. The second-order valence-corrected chi connectivity index (χ2v) is 14.2. The maximum atomic E-state index is 15.9. The summed E-state index contributed by atoms with van der Waals surface area (Å²) < 4.78 is 87.9. The molecule has 0 spiro atoms. The molecule has 9 atom stereocenters. The molecule has 7 heterocycles. The molecule has 0 bridgehead atoms. The van der Waals surface area contributed by atoms with Crippen molar-refractivity contribution in [3.63, 3.8) is 0 Å². The number of anilines is 2. The molecule has 6 N–H and O–H groups in total. The Labute approximate surface area is 251 Å². The van der Waals surface area contributed by atoms with Gasteiger partial charge in [0.15, 0.2) is 41.6 Å². The molecule has 0 aromatic carbocycles. The highest BCUT2D eigenvalue weighted by molar-refractivity contribution is 8.44. The van der Waals surface area contributed by atoms with Gasteiger partial charge in [0, 0.05) is 6.54 Å². The summed E-state index contributed by atoms with van der Waals surface area (Å²) in [5, 5.41) is 11.1. The fourth-order valence-electron chi connectivity index (χ4n) is 5.24. The number of aliphatic hydroxyl groups is 1. The summed E-state index contributed by atoms with van der Waals surface area (Å²) in [4.78, 5) is 24.1. The standard InChI is InChI=1S/C20H23FN11O9PS2/c21-9-13-7(38-19(9)31-5-28-10-15(22)24-3-26-17(10)31)1-30-44(35,36)41-14-8(2-37-42(34,43)40-13)39-20(12(14)33)32-6-29-11-16(23)25-4-27-18(11)32/h3-9,12-14,19-20,30,33H,1-2H2,(H,34,43)(H2,22,24,26)(H2,23,25,27)/t7-,8-,9-,12-,13-,14-,19-,20-,42+/m1/s1. The Balaban J connectivity index is 1.17. The molecule has 4 aromatic heterocycles. The van der Waals surface area contributed by atoms with E-state index in [1.54, 1.807) is 0 Å². The van der Waals surface area contributed by atoms with Crippen molar-refractivity contribution >= 4 is 63.3 Å². The van der Waals surface area contributed by atoms with Crippen molar-refractivity contribution in [1.82, 2.24) is 43.8 Å². The number of nitrogens with one attached hydrogen (secondary N) is 1. The predicted octanol–water partition coefficient (Wildman–Crippen LogP) is -1.00. The summed E-state index contributed by atoms with van der Waals surface area (Å²) in [6, 6.07) is 0. The van der Waals surface area contributed by atoms with Gasteiger partial charge in [0.25, 0.3) is 0 Å². The number of ether oxygens (including phenoxy) is 2. The van der Waals surface area contributed by atoms with Gasteiger partial charge >= 0.3 is 17.1 Å². The van der Waals surface area contributed by atoms with Gasteiger partial charge in [-0.25, -0.2) is 43.0 Å². The van der Waals surface area contributed by atoms with Gasteiger partial charge in [0.1, 0.15) is 54.2 Å². The largest absolute Gasteiger partial charge is 0.386 e. The quantitative estimate of drug-likeness (QED) is 0.126. The second kappa shape index (κ2) is 10.8. The highest BCUT2D eigenvalue weighted by Crippen LogP contribution is 2.57. The highest BCUT2D eigenvalue weighted by atomic mass is 32.7. The van der Waals surface area contributed by atoms with E-state index in [2.05, 4.69) is 46.9 Å². The molecule has 3 saturated heterocycles. The highest BCUT2D eigenvalue weighted by Gasteiger charge is 2.53. The number of nitrogens with two attached hydrogens (primary N) is 2. The van der Waals surface area contributed by atoms with Gasteiger partial charge in [0.05, 0.1) is 19.3 Å². The van der Waals surface area contributed by atoms with E-state index in [0.29, 0.717) is 0 Å². The Kier molecular flexibility index (Phi) is 7.23. The Morgan fingerprint density at radius 2 is 1.55 bits per heavy atom. The predicted molar refractivity (Wildman–Crippen MR) is 147 cm³/mol. The van der Waals surface area contributed by atoms with Crippen LogP contribution in [0.2, 0.25) is 0 Å². The molecule has 4 aromatic rings. The van der Waals surface area contributed by atoms with E-state index in [9.17, 15) is 18.1 Å². The van der Waals surface area contributed by atoms with E-state index < -0.39 is 79.4 Å². The summed E-state index contributed by atoms with van der Waals surface area (Å²) in [6.45, 7) is -5.64. The number of rotatable bonds is 2. The van der Waals surface area contributed by atoms with Gasteiger partial charge in [-0.3, -0.25) is 18.2 Å². The molecule has 3 aliphatic rings. The van der Waals surface area contributed by atoms with Gasteiger partial charge in [0.2, 0.25) is 0 Å². The van der Waals surface area contributed by atoms with Crippen LogP contribution in [0, 0.1) is 0 Å². The van der Waals surface area contributed by atoms with Crippen LogP contribution in [0.1, 0.15) is 12.5 Å². The van der Waals surface area contributed by atoms with Crippen LogP contribution in [-0.4, -0.2) is 102 Å². The Bertz CT molecular complexity index is 1900. The van der Waals surface area contributed by atoms with E-state index >= 15 is 4.39 Å². The Morgan fingerprint density at radius 1 is 0.955 bits per heavy atom. The van der Waals surface area contributed by atoms with Crippen molar-refractivity contribution in [3.8, 4) is 0 Å². The molecule has 0 unspecified atom stereocenters. The molecular weight excluding hydrogens is 652 g/mol. The topological polar surface area (TPSA) is 269 Å². The van der Waals surface area contributed by atoms with Crippen molar-refractivity contribution in [3.05, 3.63) is 25.3 Å². The summed E-state index contributed by atoms with van der Waals surface area (Å²) in [5.74, 6) is 0.103. The fraction of sp³-hybridized carbons (Fsp3) is 0.500. The molecular formula is C20H23FN11O9PS2. The van der Waals surface area contributed by atoms with E-state index in [0.717, 1.165) is 6.33 Å². The van der Waals surface area contributed by atoms with Crippen LogP contribution >= 0.6 is 19.0 Å². The average molecular weight is 676 g/mol.